The topological polar surface area (TPSA) is 12.9 Å². The van der Waals surface area contributed by atoms with Crippen molar-refractivity contribution in [2.45, 2.75) is 37.0 Å². The lowest BCUT2D eigenvalue weighted by molar-refractivity contribution is 0.496. The largest absolute Gasteiger partial charge is 0.256 e. The molecular weight excluding hydrogens is 230 g/mol. The highest BCUT2D eigenvalue weighted by molar-refractivity contribution is 6.20. The zero-order valence-corrected chi connectivity index (χ0v) is 10.7. The van der Waals surface area contributed by atoms with Gasteiger partial charge in [-0.25, -0.2) is 0 Å². The van der Waals surface area contributed by atoms with Crippen LogP contribution in [0.15, 0.2) is 36.5 Å². The van der Waals surface area contributed by atoms with Crippen LogP contribution in [-0.4, -0.2) is 10.4 Å². The van der Waals surface area contributed by atoms with Gasteiger partial charge in [-0.15, -0.1) is 11.6 Å². The molecule has 0 bridgehead atoms. The zero-order valence-electron chi connectivity index (χ0n) is 9.99. The Balaban J connectivity index is 2.17. The van der Waals surface area contributed by atoms with E-state index in [4.69, 9.17) is 11.6 Å². The van der Waals surface area contributed by atoms with E-state index < -0.39 is 0 Å². The number of rotatable bonds is 1. The minimum atomic E-state index is 0.217. The number of alkyl halides is 1. The summed E-state index contributed by atoms with van der Waals surface area (Å²) in [6.45, 7) is 2.33. The first-order valence-electron chi connectivity index (χ1n) is 6.17. The van der Waals surface area contributed by atoms with Crippen LogP contribution in [0.4, 0.5) is 0 Å². The lowest BCUT2D eigenvalue weighted by atomic mass is 9.79. The fourth-order valence-electron chi connectivity index (χ4n) is 3.04. The van der Waals surface area contributed by atoms with Crippen LogP contribution in [0.5, 0.6) is 0 Å². The van der Waals surface area contributed by atoms with E-state index in [0.29, 0.717) is 5.38 Å². The molecule has 0 saturated heterocycles. The fourth-order valence-corrected chi connectivity index (χ4v) is 3.49. The van der Waals surface area contributed by atoms with Gasteiger partial charge in [0.2, 0.25) is 0 Å². The predicted octanol–water partition coefficient (Wildman–Crippen LogP) is 4.28. The van der Waals surface area contributed by atoms with Gasteiger partial charge < -0.3 is 0 Å². The summed E-state index contributed by atoms with van der Waals surface area (Å²) >= 11 is 6.28. The molecule has 0 spiro atoms. The number of fused-ring (bicyclic) bond motifs is 1. The van der Waals surface area contributed by atoms with Crippen LogP contribution in [0.2, 0.25) is 0 Å². The molecule has 88 valence electrons. The Morgan fingerprint density at radius 2 is 2.18 bits per heavy atom. The van der Waals surface area contributed by atoms with Gasteiger partial charge in [-0.3, -0.25) is 4.98 Å². The van der Waals surface area contributed by atoms with Gasteiger partial charge in [-0.05, 0) is 42.4 Å². The van der Waals surface area contributed by atoms with Crippen LogP contribution in [0, 0.1) is 0 Å². The van der Waals surface area contributed by atoms with Crippen molar-refractivity contribution in [3.05, 3.63) is 42.1 Å². The van der Waals surface area contributed by atoms with Gasteiger partial charge in [0.15, 0.2) is 0 Å². The Bertz CT molecular complexity index is 546. The molecule has 0 amide bonds. The van der Waals surface area contributed by atoms with E-state index in [1.54, 1.807) is 0 Å². The number of nitrogens with zero attached hydrogens (tertiary/aromatic N) is 1. The summed E-state index contributed by atoms with van der Waals surface area (Å²) in [7, 11) is 0. The van der Waals surface area contributed by atoms with Crippen LogP contribution in [0.1, 0.15) is 31.7 Å². The molecule has 1 aromatic carbocycles. The number of aromatic nitrogens is 1. The first kappa shape index (κ1) is 11.0. The van der Waals surface area contributed by atoms with Crippen LogP contribution >= 0.6 is 11.6 Å². The van der Waals surface area contributed by atoms with E-state index in [2.05, 4.69) is 36.2 Å². The SMILES string of the molecule is CC1(c2cccc3ncccc23)CCC(Cl)C1. The van der Waals surface area contributed by atoms with Gasteiger partial charge in [0.05, 0.1) is 5.52 Å². The monoisotopic (exact) mass is 245 g/mol. The molecule has 2 aromatic rings. The Hall–Kier alpha value is -1.08. The zero-order chi connectivity index (χ0) is 11.9. The van der Waals surface area contributed by atoms with Gasteiger partial charge in [-0.1, -0.05) is 25.1 Å². The summed E-state index contributed by atoms with van der Waals surface area (Å²) < 4.78 is 0. The van der Waals surface area contributed by atoms with Crippen molar-refractivity contribution in [2.75, 3.05) is 0 Å². The maximum absolute atomic E-state index is 6.28. The second kappa shape index (κ2) is 3.99. The molecule has 0 radical (unpaired) electrons. The van der Waals surface area contributed by atoms with Crippen molar-refractivity contribution in [2.24, 2.45) is 0 Å². The molecule has 1 heterocycles. The van der Waals surface area contributed by atoms with Crippen molar-refractivity contribution < 1.29 is 0 Å². The third-order valence-corrected chi connectivity index (χ3v) is 4.35. The normalized spacial score (nSPS) is 28.7. The maximum atomic E-state index is 6.28. The Morgan fingerprint density at radius 3 is 2.94 bits per heavy atom. The average molecular weight is 246 g/mol. The second-order valence-corrected chi connectivity index (χ2v) is 5.89. The highest BCUT2D eigenvalue weighted by atomic mass is 35.5. The van der Waals surface area contributed by atoms with Crippen LogP contribution in [0.25, 0.3) is 10.9 Å². The van der Waals surface area contributed by atoms with Gasteiger partial charge in [0.25, 0.3) is 0 Å². The van der Waals surface area contributed by atoms with Crippen LogP contribution < -0.4 is 0 Å². The van der Waals surface area contributed by atoms with E-state index in [0.717, 1.165) is 18.4 Å². The van der Waals surface area contributed by atoms with Crippen LogP contribution in [-0.2, 0) is 5.41 Å². The molecule has 2 unspecified atom stereocenters. The smallest absolute Gasteiger partial charge is 0.0704 e. The molecule has 0 aliphatic heterocycles. The lowest BCUT2D eigenvalue weighted by Crippen LogP contribution is -2.18. The van der Waals surface area contributed by atoms with Crippen molar-refractivity contribution in [3.63, 3.8) is 0 Å². The standard InChI is InChI=1S/C15H16ClN/c1-15(8-7-11(16)10-15)13-5-2-6-14-12(13)4-3-9-17-14/h2-6,9,11H,7-8,10H2,1H3. The lowest BCUT2D eigenvalue weighted by Gasteiger charge is -2.25. The number of halogens is 1. The Labute approximate surface area is 107 Å². The molecule has 1 aromatic heterocycles. The summed E-state index contributed by atoms with van der Waals surface area (Å²) in [5.41, 5.74) is 2.71. The third-order valence-electron chi connectivity index (χ3n) is 3.98. The van der Waals surface area contributed by atoms with E-state index in [1.165, 1.54) is 17.4 Å². The molecule has 1 aliphatic rings. The highest BCUT2D eigenvalue weighted by Gasteiger charge is 2.36. The molecule has 17 heavy (non-hydrogen) atoms. The molecule has 2 atom stereocenters. The summed E-state index contributed by atoms with van der Waals surface area (Å²) in [6, 6.07) is 10.6. The summed E-state index contributed by atoms with van der Waals surface area (Å²) in [4.78, 5) is 4.43. The first-order valence-corrected chi connectivity index (χ1v) is 6.61. The van der Waals surface area contributed by atoms with Gasteiger partial charge in [0.1, 0.15) is 0 Å². The van der Waals surface area contributed by atoms with Gasteiger partial charge in [-0.2, -0.15) is 0 Å². The van der Waals surface area contributed by atoms with E-state index in [-0.39, 0.29) is 5.41 Å². The molecule has 2 heteroatoms. The molecule has 3 rings (SSSR count). The second-order valence-electron chi connectivity index (χ2n) is 5.28. The summed E-state index contributed by atoms with van der Waals surface area (Å²) in [6.07, 6.45) is 5.22. The summed E-state index contributed by atoms with van der Waals surface area (Å²) in [5.74, 6) is 0. The van der Waals surface area contributed by atoms with Gasteiger partial charge >= 0.3 is 0 Å². The number of benzene rings is 1. The van der Waals surface area contributed by atoms with Crippen molar-refractivity contribution in [1.82, 2.24) is 4.98 Å². The minimum Gasteiger partial charge on any atom is -0.256 e. The van der Waals surface area contributed by atoms with Gasteiger partial charge in [0, 0.05) is 17.0 Å². The van der Waals surface area contributed by atoms with E-state index in [9.17, 15) is 0 Å². The predicted molar refractivity (Wildman–Crippen MR) is 72.6 cm³/mol. The van der Waals surface area contributed by atoms with Crippen molar-refractivity contribution >= 4 is 22.5 Å². The van der Waals surface area contributed by atoms with Crippen molar-refractivity contribution in [3.8, 4) is 0 Å². The molecule has 1 fully saturated rings. The molecular formula is C15H16ClN. The van der Waals surface area contributed by atoms with E-state index in [1.807, 2.05) is 12.3 Å². The number of hydrogen-bond acceptors (Lipinski definition) is 1. The summed E-state index contributed by atoms with van der Waals surface area (Å²) in [5, 5.41) is 1.61. The van der Waals surface area contributed by atoms with Crippen LogP contribution in [0.3, 0.4) is 0 Å². The van der Waals surface area contributed by atoms with Crippen molar-refractivity contribution in [1.29, 1.82) is 0 Å². The third kappa shape index (κ3) is 1.83. The first-order chi connectivity index (χ1) is 8.19. The van der Waals surface area contributed by atoms with E-state index >= 15 is 0 Å². The quantitative estimate of drug-likeness (QED) is 0.684. The maximum Gasteiger partial charge on any atom is 0.0704 e. The minimum absolute atomic E-state index is 0.217. The average Bonchev–Trinajstić information content (AvgIpc) is 2.70. The number of pyridine rings is 1. The molecule has 1 saturated carbocycles. The Morgan fingerprint density at radius 1 is 1.29 bits per heavy atom. The molecule has 1 aliphatic carbocycles. The Kier molecular flexibility index (Phi) is 2.59. The highest BCUT2D eigenvalue weighted by Crippen LogP contribution is 2.44. The number of hydrogen-bond donors (Lipinski definition) is 0. The fraction of sp³-hybridized carbons (Fsp3) is 0.400. The molecule has 1 nitrogen and oxygen atoms in total. The molecule has 0 N–H and O–H groups in total.